The van der Waals surface area contributed by atoms with Crippen LogP contribution in [-0.2, 0) is 9.53 Å². The van der Waals surface area contributed by atoms with Crippen LogP contribution in [0.3, 0.4) is 0 Å². The molecule has 0 rings (SSSR count). The molecule has 0 amide bonds. The van der Waals surface area contributed by atoms with E-state index in [1.165, 1.54) is 38.5 Å². The molecular weight excluding hydrogens is 291 g/mol. The van der Waals surface area contributed by atoms with Gasteiger partial charge in [-0.25, -0.2) is 0 Å². The largest absolute Gasteiger partial charge is 0.468 e. The summed E-state index contributed by atoms with van der Waals surface area (Å²) in [5.74, 6) is 0.965. The second-order valence-corrected chi connectivity index (χ2v) is 11.4. The Morgan fingerprint density at radius 1 is 0.889 bits per heavy atom. The van der Waals surface area contributed by atoms with Crippen molar-refractivity contribution in [3.05, 3.63) is 0 Å². The summed E-state index contributed by atoms with van der Waals surface area (Å²) < 4.78 is 4.63. The number of rotatable bonds is 13. The number of carbonyl (C=O) groups is 1. The number of halogens is 2. The first-order valence-corrected chi connectivity index (χ1v) is 10.6. The van der Waals surface area contributed by atoms with Crippen LogP contribution in [0.2, 0.25) is 0 Å². The van der Waals surface area contributed by atoms with E-state index in [1.54, 1.807) is 0 Å². The monoisotopic (exact) mass is 316 g/mol. The van der Waals surface area contributed by atoms with E-state index in [2.05, 4.69) is 4.74 Å². The van der Waals surface area contributed by atoms with Gasteiger partial charge in [-0.05, 0) is 19.1 Å². The Kier molecular flexibility index (Phi) is 12.7. The third-order valence-corrected chi connectivity index (χ3v) is 4.76. The van der Waals surface area contributed by atoms with Crippen molar-refractivity contribution in [3.8, 4) is 0 Å². The lowest BCUT2D eigenvalue weighted by Gasteiger charge is -2.17. The molecule has 5 heteroatoms. The Balaban J connectivity index is 3.01. The number of hydrogen-bond donors (Lipinski definition) is 0. The fourth-order valence-electron chi connectivity index (χ4n) is 1.83. The highest BCUT2D eigenvalue weighted by Gasteiger charge is 2.08. The second-order valence-electron chi connectivity index (χ2n) is 4.73. The third kappa shape index (κ3) is 16.4. The van der Waals surface area contributed by atoms with E-state index < -0.39 is 8.46 Å². The van der Waals surface area contributed by atoms with Crippen molar-refractivity contribution in [2.45, 2.75) is 57.8 Å². The number of unbranched alkanes of at least 4 members (excludes halogenated alkanes) is 8. The summed E-state index contributed by atoms with van der Waals surface area (Å²) in [6.07, 6.45) is 12.9. The summed E-state index contributed by atoms with van der Waals surface area (Å²) in [7, 11) is 10.6. The van der Waals surface area contributed by atoms with Crippen LogP contribution < -0.4 is 0 Å². The summed E-state index contributed by atoms with van der Waals surface area (Å²) >= 11 is 0. The zero-order chi connectivity index (χ0) is 13.7. The van der Waals surface area contributed by atoms with Crippen molar-refractivity contribution in [2.24, 2.45) is 0 Å². The van der Waals surface area contributed by atoms with Crippen LogP contribution in [-0.4, -0.2) is 25.1 Å². The SMILES string of the molecule is CS(Cl)(Cl)CCCCCCCCCCCOC=O. The van der Waals surface area contributed by atoms with Gasteiger partial charge in [0.05, 0.1) is 6.61 Å². The fraction of sp³-hybridized carbons (Fsp3) is 0.923. The molecule has 0 aromatic carbocycles. The van der Waals surface area contributed by atoms with E-state index in [0.717, 1.165) is 25.0 Å². The standard InChI is InChI=1S/C13H26Cl2O2S/c1-18(14,15)12-10-8-6-4-2-3-5-7-9-11-17-13-16/h13H,2-12H2,1H3. The van der Waals surface area contributed by atoms with Gasteiger partial charge in [0, 0.05) is 5.75 Å². The minimum absolute atomic E-state index is 0.522. The lowest BCUT2D eigenvalue weighted by atomic mass is 10.1. The predicted molar refractivity (Wildman–Crippen MR) is 83.7 cm³/mol. The Morgan fingerprint density at radius 3 is 1.78 bits per heavy atom. The van der Waals surface area contributed by atoms with Crippen LogP contribution in [0.15, 0.2) is 0 Å². The van der Waals surface area contributed by atoms with Crippen LogP contribution in [0, 0.1) is 0 Å². The van der Waals surface area contributed by atoms with Crippen molar-refractivity contribution >= 4 is 36.3 Å². The van der Waals surface area contributed by atoms with Crippen LogP contribution in [0.1, 0.15) is 57.8 Å². The molecule has 0 atom stereocenters. The van der Waals surface area contributed by atoms with E-state index in [9.17, 15) is 4.79 Å². The molecule has 0 spiro atoms. The van der Waals surface area contributed by atoms with Gasteiger partial charge in [-0.3, -0.25) is 4.79 Å². The molecule has 0 aromatic heterocycles. The molecule has 110 valence electrons. The minimum atomic E-state index is -1.33. The quantitative estimate of drug-likeness (QED) is 0.335. The molecule has 0 unspecified atom stereocenters. The molecule has 0 saturated heterocycles. The number of ether oxygens (including phenoxy) is 1. The summed E-state index contributed by atoms with van der Waals surface area (Å²) in [5, 5.41) is 0. The molecule has 0 radical (unpaired) electrons. The molecule has 0 saturated carbocycles. The molecule has 0 aromatic rings. The summed E-state index contributed by atoms with van der Waals surface area (Å²) in [5.41, 5.74) is 0. The zero-order valence-electron chi connectivity index (χ0n) is 11.3. The van der Waals surface area contributed by atoms with E-state index in [4.69, 9.17) is 21.4 Å². The molecule has 0 aliphatic heterocycles. The van der Waals surface area contributed by atoms with Crippen molar-refractivity contribution < 1.29 is 9.53 Å². The van der Waals surface area contributed by atoms with E-state index in [1.807, 2.05) is 6.26 Å². The Hall–Kier alpha value is 0.400. The predicted octanol–water partition coefficient (Wildman–Crippen LogP) is 5.41. The van der Waals surface area contributed by atoms with E-state index in [-0.39, 0.29) is 0 Å². The highest BCUT2D eigenvalue weighted by Crippen LogP contribution is 2.55. The van der Waals surface area contributed by atoms with Gasteiger partial charge in [-0.15, -0.1) is 0 Å². The zero-order valence-corrected chi connectivity index (χ0v) is 13.7. The maximum Gasteiger partial charge on any atom is 0.293 e. The van der Waals surface area contributed by atoms with Crippen LogP contribution >= 0.6 is 29.8 Å². The Bertz CT molecular complexity index is 196. The summed E-state index contributed by atoms with van der Waals surface area (Å²) in [6, 6.07) is 0. The van der Waals surface area contributed by atoms with Crippen LogP contribution in [0.4, 0.5) is 0 Å². The highest BCUT2D eigenvalue weighted by atomic mass is 36.0. The Labute approximate surface area is 122 Å². The van der Waals surface area contributed by atoms with Gasteiger partial charge in [-0.1, -0.05) is 74.8 Å². The first kappa shape index (κ1) is 18.4. The Morgan fingerprint density at radius 2 is 1.33 bits per heavy atom. The number of carbonyl (C=O) groups excluding carboxylic acids is 1. The van der Waals surface area contributed by atoms with Gasteiger partial charge in [0.15, 0.2) is 0 Å². The highest BCUT2D eigenvalue weighted by molar-refractivity contribution is 8.65. The normalized spacial score (nSPS) is 12.4. The van der Waals surface area contributed by atoms with E-state index in [0.29, 0.717) is 13.1 Å². The second kappa shape index (κ2) is 12.4. The van der Waals surface area contributed by atoms with Gasteiger partial charge in [0.2, 0.25) is 0 Å². The molecule has 0 fully saturated rings. The van der Waals surface area contributed by atoms with Crippen molar-refractivity contribution in [1.29, 1.82) is 0 Å². The fourth-order valence-corrected chi connectivity index (χ4v) is 3.19. The molecule has 0 N–H and O–H groups in total. The van der Waals surface area contributed by atoms with Crippen LogP contribution in [0.5, 0.6) is 0 Å². The van der Waals surface area contributed by atoms with E-state index >= 15 is 0 Å². The average molecular weight is 317 g/mol. The first-order chi connectivity index (χ1) is 8.56. The van der Waals surface area contributed by atoms with Crippen molar-refractivity contribution in [1.82, 2.24) is 0 Å². The maximum absolute atomic E-state index is 9.89. The smallest absolute Gasteiger partial charge is 0.293 e. The number of hydrogen-bond acceptors (Lipinski definition) is 2. The maximum atomic E-state index is 9.89. The van der Waals surface area contributed by atoms with Crippen LogP contribution in [0.25, 0.3) is 0 Å². The molecule has 0 heterocycles. The average Bonchev–Trinajstić information content (AvgIpc) is 2.29. The van der Waals surface area contributed by atoms with Crippen molar-refractivity contribution in [3.63, 3.8) is 0 Å². The minimum Gasteiger partial charge on any atom is -0.468 e. The molecular formula is C13H26Cl2O2S. The summed E-state index contributed by atoms with van der Waals surface area (Å²) in [4.78, 5) is 9.89. The lowest BCUT2D eigenvalue weighted by molar-refractivity contribution is -0.128. The van der Waals surface area contributed by atoms with Gasteiger partial charge < -0.3 is 4.74 Å². The molecule has 18 heavy (non-hydrogen) atoms. The van der Waals surface area contributed by atoms with Gasteiger partial charge in [0.25, 0.3) is 6.47 Å². The third-order valence-electron chi connectivity index (χ3n) is 2.83. The molecule has 0 aliphatic carbocycles. The lowest BCUT2D eigenvalue weighted by Crippen LogP contribution is -1.91. The van der Waals surface area contributed by atoms with Gasteiger partial charge >= 0.3 is 0 Å². The molecule has 0 bridgehead atoms. The summed E-state index contributed by atoms with van der Waals surface area (Å²) in [6.45, 7) is 1.09. The topological polar surface area (TPSA) is 26.3 Å². The van der Waals surface area contributed by atoms with Gasteiger partial charge in [0.1, 0.15) is 0 Å². The van der Waals surface area contributed by atoms with Gasteiger partial charge in [-0.2, -0.15) is 0 Å². The van der Waals surface area contributed by atoms with Crippen molar-refractivity contribution in [2.75, 3.05) is 18.6 Å². The molecule has 0 aliphatic rings. The first-order valence-electron chi connectivity index (χ1n) is 6.77. The molecule has 2 nitrogen and oxygen atoms in total.